The number of aliphatic imine (C=N–C) groups is 1. The summed E-state index contributed by atoms with van der Waals surface area (Å²) in [6, 6.07) is 0.140. The number of ether oxygens (including phenoxy) is 1. The molecule has 0 bridgehead atoms. The van der Waals surface area contributed by atoms with E-state index in [4.69, 9.17) is 4.74 Å². The van der Waals surface area contributed by atoms with Gasteiger partial charge in [-0.05, 0) is 72.1 Å². The van der Waals surface area contributed by atoms with Crippen LogP contribution >= 0.6 is 24.0 Å². The van der Waals surface area contributed by atoms with Crippen LogP contribution < -0.4 is 5.32 Å². The predicted molar refractivity (Wildman–Crippen MR) is 132 cm³/mol. The molecule has 2 fully saturated rings. The Balaban J connectivity index is 0.00000512. The minimum absolute atomic E-state index is 0. The molecule has 188 valence electrons. The van der Waals surface area contributed by atoms with Crippen molar-refractivity contribution in [1.29, 1.82) is 0 Å². The summed E-state index contributed by atoms with van der Waals surface area (Å²) < 4.78 is 42.5. The van der Waals surface area contributed by atoms with Gasteiger partial charge in [-0.1, -0.05) is 0 Å². The second-order valence-electron chi connectivity index (χ2n) is 9.60. The number of carbonyl (C=O) groups is 1. The lowest BCUT2D eigenvalue weighted by molar-refractivity contribution is -0.135. The molecule has 0 aromatic rings. The van der Waals surface area contributed by atoms with Crippen molar-refractivity contribution in [2.24, 2.45) is 10.9 Å². The predicted octanol–water partition coefficient (Wildman–Crippen LogP) is 5.41. The van der Waals surface area contributed by atoms with Crippen LogP contribution in [0.25, 0.3) is 0 Å². The molecule has 1 N–H and O–H groups in total. The van der Waals surface area contributed by atoms with E-state index in [0.29, 0.717) is 25.4 Å². The lowest BCUT2D eigenvalue weighted by Crippen LogP contribution is -2.52. The topological polar surface area (TPSA) is 57.2 Å². The van der Waals surface area contributed by atoms with Crippen LogP contribution in [0.1, 0.15) is 72.6 Å². The van der Waals surface area contributed by atoms with Crippen molar-refractivity contribution in [1.82, 2.24) is 15.1 Å². The highest BCUT2D eigenvalue weighted by atomic mass is 127. The van der Waals surface area contributed by atoms with Gasteiger partial charge in [0, 0.05) is 45.2 Å². The van der Waals surface area contributed by atoms with E-state index in [2.05, 4.69) is 15.2 Å². The van der Waals surface area contributed by atoms with Gasteiger partial charge in [-0.25, -0.2) is 4.79 Å². The first-order valence-corrected chi connectivity index (χ1v) is 11.6. The maximum atomic E-state index is 12.8. The zero-order chi connectivity index (χ0) is 23.1. The van der Waals surface area contributed by atoms with Crippen LogP contribution in [-0.2, 0) is 4.74 Å². The minimum atomic E-state index is -4.10. The molecule has 0 unspecified atom stereocenters. The Morgan fingerprint density at radius 3 is 2.25 bits per heavy atom. The fraction of sp³-hybridized carbons (Fsp3) is 0.909. The fourth-order valence-electron chi connectivity index (χ4n) is 3.71. The number of rotatable bonds is 8. The Morgan fingerprint density at radius 2 is 1.75 bits per heavy atom. The number of piperidine rings is 1. The molecule has 0 spiro atoms. The summed E-state index contributed by atoms with van der Waals surface area (Å²) in [5.41, 5.74) is -0.517. The van der Waals surface area contributed by atoms with Gasteiger partial charge >= 0.3 is 12.3 Å². The molecule has 1 heterocycles. The van der Waals surface area contributed by atoms with Crippen molar-refractivity contribution in [3.8, 4) is 0 Å². The monoisotopic (exact) mass is 576 g/mol. The molecule has 1 saturated heterocycles. The Labute approximate surface area is 207 Å². The van der Waals surface area contributed by atoms with E-state index in [1.54, 1.807) is 0 Å². The Kier molecular flexibility index (Phi) is 11.9. The van der Waals surface area contributed by atoms with E-state index in [0.717, 1.165) is 38.4 Å². The number of alkyl halides is 3. The molecule has 10 heteroatoms. The van der Waals surface area contributed by atoms with Crippen LogP contribution in [0.15, 0.2) is 4.99 Å². The summed E-state index contributed by atoms with van der Waals surface area (Å²) in [5.74, 6) is 1.33. The average Bonchev–Trinajstić information content (AvgIpc) is 3.47. The molecule has 1 aliphatic heterocycles. The van der Waals surface area contributed by atoms with Gasteiger partial charge in [0.15, 0.2) is 5.96 Å². The van der Waals surface area contributed by atoms with Crippen molar-refractivity contribution in [3.05, 3.63) is 0 Å². The van der Waals surface area contributed by atoms with Crippen LogP contribution in [0.5, 0.6) is 0 Å². The summed E-state index contributed by atoms with van der Waals surface area (Å²) in [5, 5.41) is 3.25. The third-order valence-electron chi connectivity index (χ3n) is 5.45. The minimum Gasteiger partial charge on any atom is -0.444 e. The van der Waals surface area contributed by atoms with E-state index in [1.165, 1.54) is 12.8 Å². The summed E-state index contributed by atoms with van der Waals surface area (Å²) in [7, 11) is 0. The van der Waals surface area contributed by atoms with Crippen LogP contribution in [0.3, 0.4) is 0 Å². The third-order valence-corrected chi connectivity index (χ3v) is 5.45. The van der Waals surface area contributed by atoms with Gasteiger partial charge in [0.05, 0.1) is 0 Å². The van der Waals surface area contributed by atoms with E-state index in [-0.39, 0.29) is 42.5 Å². The standard InChI is InChI=1S/C22H39F3N4O2.HI/c1-5-26-19(27-13-7-6-12-22(23,24)25)28-14-10-18(11-15-28)29(16-17-8-9-17)20(30)31-21(2,3)4;/h17-18H,5-16H2,1-4H3,(H,26,27);1H. The molecule has 6 nitrogen and oxygen atoms in total. The number of hydrogen-bond acceptors (Lipinski definition) is 3. The highest BCUT2D eigenvalue weighted by Gasteiger charge is 2.35. The molecule has 0 radical (unpaired) electrons. The first kappa shape index (κ1) is 29.1. The Morgan fingerprint density at radius 1 is 1.12 bits per heavy atom. The van der Waals surface area contributed by atoms with Gasteiger partial charge in [0.1, 0.15) is 5.60 Å². The van der Waals surface area contributed by atoms with Crippen molar-refractivity contribution in [2.45, 2.75) is 90.5 Å². The van der Waals surface area contributed by atoms with Crippen molar-refractivity contribution in [3.63, 3.8) is 0 Å². The smallest absolute Gasteiger partial charge is 0.410 e. The number of nitrogens with zero attached hydrogens (tertiary/aromatic N) is 3. The van der Waals surface area contributed by atoms with E-state index in [9.17, 15) is 18.0 Å². The van der Waals surface area contributed by atoms with Gasteiger partial charge < -0.3 is 19.9 Å². The number of halogens is 4. The maximum absolute atomic E-state index is 12.8. The summed E-state index contributed by atoms with van der Waals surface area (Å²) in [4.78, 5) is 21.4. The molecule has 0 aromatic carbocycles. The second kappa shape index (κ2) is 13.1. The molecule has 1 aliphatic carbocycles. The van der Waals surface area contributed by atoms with E-state index >= 15 is 0 Å². The highest BCUT2D eigenvalue weighted by molar-refractivity contribution is 14.0. The zero-order valence-corrected chi connectivity index (χ0v) is 22.2. The average molecular weight is 576 g/mol. The van der Waals surface area contributed by atoms with Gasteiger partial charge in [-0.3, -0.25) is 4.99 Å². The van der Waals surface area contributed by atoms with Crippen LogP contribution in [0.2, 0.25) is 0 Å². The second-order valence-corrected chi connectivity index (χ2v) is 9.60. The first-order valence-electron chi connectivity index (χ1n) is 11.6. The molecular weight excluding hydrogens is 536 g/mol. The Bertz CT molecular complexity index is 599. The molecular formula is C22H40F3IN4O2. The van der Waals surface area contributed by atoms with Gasteiger partial charge in [0.2, 0.25) is 0 Å². The number of unbranched alkanes of at least 4 members (excludes halogenated alkanes) is 1. The molecule has 0 atom stereocenters. The van der Waals surface area contributed by atoms with Gasteiger partial charge in [-0.2, -0.15) is 13.2 Å². The molecule has 1 saturated carbocycles. The number of nitrogens with one attached hydrogen (secondary N) is 1. The van der Waals surface area contributed by atoms with Crippen molar-refractivity contribution in [2.75, 3.05) is 32.7 Å². The number of hydrogen-bond donors (Lipinski definition) is 1. The fourth-order valence-corrected chi connectivity index (χ4v) is 3.71. The number of carbonyl (C=O) groups excluding carboxylic acids is 1. The molecule has 2 aliphatic rings. The lowest BCUT2D eigenvalue weighted by atomic mass is 10.0. The van der Waals surface area contributed by atoms with Gasteiger partial charge in [0.25, 0.3) is 0 Å². The molecule has 0 aromatic heterocycles. The summed E-state index contributed by atoms with van der Waals surface area (Å²) in [6.07, 6.45) is -0.590. The number of guanidine groups is 1. The van der Waals surface area contributed by atoms with Crippen LogP contribution in [0, 0.1) is 5.92 Å². The Hall–Kier alpha value is -0.940. The molecule has 32 heavy (non-hydrogen) atoms. The largest absolute Gasteiger partial charge is 0.444 e. The maximum Gasteiger partial charge on any atom is 0.410 e. The van der Waals surface area contributed by atoms with Crippen LogP contribution in [-0.4, -0.2) is 72.4 Å². The number of amides is 1. The quantitative estimate of drug-likeness (QED) is 0.182. The van der Waals surface area contributed by atoms with Crippen molar-refractivity contribution >= 4 is 36.0 Å². The zero-order valence-electron chi connectivity index (χ0n) is 19.8. The van der Waals surface area contributed by atoms with E-state index in [1.807, 2.05) is 32.6 Å². The summed E-state index contributed by atoms with van der Waals surface area (Å²) in [6.45, 7) is 11.0. The third kappa shape index (κ3) is 11.3. The van der Waals surface area contributed by atoms with Crippen LogP contribution in [0.4, 0.5) is 18.0 Å². The lowest BCUT2D eigenvalue weighted by Gasteiger charge is -2.40. The SMILES string of the molecule is CCNC(=NCCCCC(F)(F)F)N1CCC(N(CC2CC2)C(=O)OC(C)(C)C)CC1.I. The van der Waals surface area contributed by atoms with E-state index < -0.39 is 18.2 Å². The van der Waals surface area contributed by atoms with Crippen molar-refractivity contribution < 1.29 is 22.7 Å². The van der Waals surface area contributed by atoms with Gasteiger partial charge in [-0.15, -0.1) is 24.0 Å². The highest BCUT2D eigenvalue weighted by Crippen LogP contribution is 2.32. The molecule has 1 amide bonds. The normalized spacial score (nSPS) is 18.2. The summed E-state index contributed by atoms with van der Waals surface area (Å²) >= 11 is 0. The number of likely N-dealkylation sites (tertiary alicyclic amines) is 1. The molecule has 2 rings (SSSR count). The first-order chi connectivity index (χ1) is 14.5.